The summed E-state index contributed by atoms with van der Waals surface area (Å²) in [6.07, 6.45) is -0.184. The second-order valence-electron chi connectivity index (χ2n) is 5.67. The molecule has 7 heteroatoms. The zero-order valence-electron chi connectivity index (χ0n) is 12.2. The topological polar surface area (TPSA) is 51.0 Å². The molecule has 0 amide bonds. The Hall–Kier alpha value is -1.11. The van der Waals surface area contributed by atoms with Gasteiger partial charge in [0.25, 0.3) is 0 Å². The number of nitrogens with zero attached hydrogens (tertiary/aromatic N) is 2. The summed E-state index contributed by atoms with van der Waals surface area (Å²) in [6.45, 7) is 3.16. The van der Waals surface area contributed by atoms with Crippen molar-refractivity contribution in [2.75, 3.05) is 6.54 Å². The second-order valence-corrected chi connectivity index (χ2v) is 5.67. The highest BCUT2D eigenvalue weighted by molar-refractivity contribution is 4.97. The maximum absolute atomic E-state index is 12.2. The third kappa shape index (κ3) is 5.30. The molecule has 1 heterocycles. The first-order valence-corrected chi connectivity index (χ1v) is 7.60. The number of halogens is 3. The molecule has 1 N–H and O–H groups in total. The number of aryl methyl sites for hydroxylation is 1. The Morgan fingerprint density at radius 3 is 2.57 bits per heavy atom. The maximum atomic E-state index is 12.2. The fraction of sp³-hybridized carbons (Fsp3) is 0.857. The molecule has 0 aromatic carbocycles. The third-order valence-corrected chi connectivity index (χ3v) is 3.88. The van der Waals surface area contributed by atoms with Crippen LogP contribution in [0.25, 0.3) is 0 Å². The molecule has 1 saturated carbocycles. The largest absolute Gasteiger partial charge is 0.389 e. The van der Waals surface area contributed by atoms with E-state index in [1.165, 1.54) is 0 Å². The number of hydrogen-bond donors (Lipinski definition) is 1. The molecule has 1 fully saturated rings. The Morgan fingerprint density at radius 2 is 1.95 bits per heavy atom. The summed E-state index contributed by atoms with van der Waals surface area (Å²) in [4.78, 5) is 4.13. The van der Waals surface area contributed by atoms with Crippen molar-refractivity contribution in [3.63, 3.8) is 0 Å². The van der Waals surface area contributed by atoms with Crippen LogP contribution in [0.3, 0.4) is 0 Å². The molecule has 0 atom stereocenters. The monoisotopic (exact) mass is 305 g/mol. The van der Waals surface area contributed by atoms with Gasteiger partial charge in [0.1, 0.15) is 0 Å². The van der Waals surface area contributed by atoms with Crippen molar-refractivity contribution in [3.8, 4) is 0 Å². The van der Waals surface area contributed by atoms with Crippen molar-refractivity contribution in [2.24, 2.45) is 0 Å². The van der Waals surface area contributed by atoms with Gasteiger partial charge >= 0.3 is 6.18 Å². The fourth-order valence-electron chi connectivity index (χ4n) is 2.68. The van der Waals surface area contributed by atoms with E-state index >= 15 is 0 Å². The van der Waals surface area contributed by atoms with Crippen molar-refractivity contribution in [2.45, 2.75) is 70.0 Å². The number of alkyl halides is 3. The first kappa shape index (κ1) is 16.3. The van der Waals surface area contributed by atoms with Crippen molar-refractivity contribution in [1.29, 1.82) is 0 Å². The zero-order valence-corrected chi connectivity index (χ0v) is 12.2. The Morgan fingerprint density at radius 1 is 1.24 bits per heavy atom. The summed E-state index contributed by atoms with van der Waals surface area (Å²) < 4.78 is 41.6. The van der Waals surface area contributed by atoms with Gasteiger partial charge in [0.2, 0.25) is 5.89 Å². The van der Waals surface area contributed by atoms with Crippen molar-refractivity contribution < 1.29 is 17.7 Å². The normalized spacial score (nSPS) is 23.4. The molecule has 1 aliphatic carbocycles. The van der Waals surface area contributed by atoms with E-state index in [0.29, 0.717) is 11.9 Å². The fourth-order valence-corrected chi connectivity index (χ4v) is 2.68. The van der Waals surface area contributed by atoms with Gasteiger partial charge in [-0.25, -0.2) is 0 Å². The smallest absolute Gasteiger partial charge is 0.339 e. The number of nitrogens with one attached hydrogen (secondary N) is 1. The molecule has 120 valence electrons. The summed E-state index contributed by atoms with van der Waals surface area (Å²) in [5, 5.41) is 7.16. The van der Waals surface area contributed by atoms with Gasteiger partial charge in [0.05, 0.1) is 6.42 Å². The Bertz CT molecular complexity index is 425. The summed E-state index contributed by atoms with van der Waals surface area (Å²) >= 11 is 0. The standard InChI is InChI=1S/C14H22F3N3O/c1-2-9-18-11-5-3-10(4-6-11)13-19-12(20-21-13)7-8-14(15,16)17/h10-11,18H,2-9H2,1H3. The summed E-state index contributed by atoms with van der Waals surface area (Å²) in [5.74, 6) is 0.853. The summed E-state index contributed by atoms with van der Waals surface area (Å²) in [6, 6.07) is 0.536. The average molecular weight is 305 g/mol. The molecule has 0 unspecified atom stereocenters. The molecular weight excluding hydrogens is 283 g/mol. The number of hydrogen-bond acceptors (Lipinski definition) is 4. The predicted octanol–water partition coefficient (Wildman–Crippen LogP) is 3.59. The predicted molar refractivity (Wildman–Crippen MR) is 72.0 cm³/mol. The van der Waals surface area contributed by atoms with Gasteiger partial charge in [-0.1, -0.05) is 12.1 Å². The van der Waals surface area contributed by atoms with Crippen LogP contribution in [0.4, 0.5) is 13.2 Å². The first-order valence-electron chi connectivity index (χ1n) is 7.60. The van der Waals surface area contributed by atoms with E-state index < -0.39 is 12.6 Å². The SMILES string of the molecule is CCCNC1CCC(c2nc(CCC(F)(F)F)no2)CC1. The molecule has 1 aromatic heterocycles. The van der Waals surface area contributed by atoms with E-state index in [0.717, 1.165) is 38.6 Å². The van der Waals surface area contributed by atoms with Crippen LogP contribution >= 0.6 is 0 Å². The molecule has 0 bridgehead atoms. The van der Waals surface area contributed by atoms with Crippen molar-refractivity contribution in [3.05, 3.63) is 11.7 Å². The van der Waals surface area contributed by atoms with Gasteiger partial charge in [0, 0.05) is 18.4 Å². The minimum Gasteiger partial charge on any atom is -0.339 e. The lowest BCUT2D eigenvalue weighted by Gasteiger charge is -2.27. The van der Waals surface area contributed by atoms with Gasteiger partial charge in [-0.05, 0) is 38.6 Å². The molecule has 0 radical (unpaired) electrons. The Balaban J connectivity index is 1.80. The van der Waals surface area contributed by atoms with E-state index in [1.54, 1.807) is 0 Å². The average Bonchev–Trinajstić information content (AvgIpc) is 2.92. The summed E-state index contributed by atoms with van der Waals surface area (Å²) in [5.41, 5.74) is 0. The number of aromatic nitrogens is 2. The van der Waals surface area contributed by atoms with Crippen LogP contribution in [-0.2, 0) is 6.42 Å². The lowest BCUT2D eigenvalue weighted by molar-refractivity contribution is -0.134. The first-order chi connectivity index (χ1) is 9.98. The van der Waals surface area contributed by atoms with Gasteiger partial charge in [-0.3, -0.25) is 0 Å². The molecule has 1 aromatic rings. The minimum absolute atomic E-state index is 0.161. The lowest BCUT2D eigenvalue weighted by Crippen LogP contribution is -2.33. The molecule has 2 rings (SSSR count). The highest BCUT2D eigenvalue weighted by Gasteiger charge is 2.29. The molecular formula is C14H22F3N3O. The molecule has 4 nitrogen and oxygen atoms in total. The van der Waals surface area contributed by atoms with Gasteiger partial charge in [-0.2, -0.15) is 18.2 Å². The molecule has 0 saturated heterocycles. The Kier molecular flexibility index (Phi) is 5.61. The third-order valence-electron chi connectivity index (χ3n) is 3.88. The van der Waals surface area contributed by atoms with Gasteiger partial charge in [0.15, 0.2) is 5.82 Å². The van der Waals surface area contributed by atoms with Crippen LogP contribution in [0.2, 0.25) is 0 Å². The van der Waals surface area contributed by atoms with Gasteiger partial charge < -0.3 is 9.84 Å². The van der Waals surface area contributed by atoms with Crippen molar-refractivity contribution >= 4 is 0 Å². The van der Waals surface area contributed by atoms with Crippen LogP contribution in [0.5, 0.6) is 0 Å². The lowest BCUT2D eigenvalue weighted by atomic mass is 9.86. The Labute approximate surface area is 122 Å². The maximum Gasteiger partial charge on any atom is 0.389 e. The van der Waals surface area contributed by atoms with E-state index in [9.17, 15) is 13.2 Å². The van der Waals surface area contributed by atoms with Crippen molar-refractivity contribution in [1.82, 2.24) is 15.5 Å². The highest BCUT2D eigenvalue weighted by Crippen LogP contribution is 2.32. The molecule has 21 heavy (non-hydrogen) atoms. The van der Waals surface area contributed by atoms with Crippen LogP contribution < -0.4 is 5.32 Å². The molecule has 1 aliphatic rings. The van der Waals surface area contributed by atoms with Crippen LogP contribution in [0.15, 0.2) is 4.52 Å². The summed E-state index contributed by atoms with van der Waals surface area (Å²) in [7, 11) is 0. The second kappa shape index (κ2) is 7.24. The van der Waals surface area contributed by atoms with E-state index in [1.807, 2.05) is 0 Å². The molecule has 0 aliphatic heterocycles. The van der Waals surface area contributed by atoms with Crippen LogP contribution in [0.1, 0.15) is 63.1 Å². The van der Waals surface area contributed by atoms with Crippen LogP contribution in [-0.4, -0.2) is 28.9 Å². The molecule has 0 spiro atoms. The highest BCUT2D eigenvalue weighted by atomic mass is 19.4. The number of rotatable bonds is 6. The minimum atomic E-state index is -4.18. The zero-order chi connectivity index (χ0) is 15.3. The van der Waals surface area contributed by atoms with E-state index in [2.05, 4.69) is 22.4 Å². The van der Waals surface area contributed by atoms with E-state index in [4.69, 9.17) is 4.52 Å². The quantitative estimate of drug-likeness (QED) is 0.872. The van der Waals surface area contributed by atoms with E-state index in [-0.39, 0.29) is 18.2 Å². The van der Waals surface area contributed by atoms with Crippen LogP contribution in [0, 0.1) is 0 Å². The van der Waals surface area contributed by atoms with Gasteiger partial charge in [-0.15, -0.1) is 0 Å².